The van der Waals surface area contributed by atoms with Gasteiger partial charge in [0.1, 0.15) is 12.4 Å². The summed E-state index contributed by atoms with van der Waals surface area (Å²) in [5.74, 6) is -0.798. The quantitative estimate of drug-likeness (QED) is 0.732. The zero-order valence-electron chi connectivity index (χ0n) is 12.0. The molecule has 0 aliphatic carbocycles. The van der Waals surface area contributed by atoms with Crippen molar-refractivity contribution in [3.8, 4) is 5.75 Å². The Hall–Kier alpha value is -1.76. The molecule has 0 saturated carbocycles. The number of carbonyl (C=O) groups excluding carboxylic acids is 1. The molecule has 2 N–H and O–H groups in total. The summed E-state index contributed by atoms with van der Waals surface area (Å²) in [6.45, 7) is 2.41. The smallest absolute Gasteiger partial charge is 0.317 e. The summed E-state index contributed by atoms with van der Waals surface area (Å²) in [5.41, 5.74) is 0. The molecule has 0 saturated heterocycles. The Labute approximate surface area is 132 Å². The van der Waals surface area contributed by atoms with Crippen molar-refractivity contribution in [1.29, 1.82) is 0 Å². The highest BCUT2D eigenvalue weighted by Crippen LogP contribution is 2.15. The molecule has 0 bridgehead atoms. The number of ether oxygens (including phenoxy) is 1. The summed E-state index contributed by atoms with van der Waals surface area (Å²) in [6.07, 6.45) is 0. The number of carboxylic acid groups (broad SMARTS) is 1. The fraction of sp³-hybridized carbons (Fsp3) is 0.429. The van der Waals surface area contributed by atoms with Crippen molar-refractivity contribution in [2.75, 3.05) is 26.7 Å². The number of nitrogens with zero attached hydrogens (tertiary/aromatic N) is 1. The highest BCUT2D eigenvalue weighted by molar-refractivity contribution is 9.10. The van der Waals surface area contributed by atoms with Gasteiger partial charge in [0.05, 0.1) is 12.5 Å². The fourth-order valence-corrected chi connectivity index (χ4v) is 1.83. The average Bonchev–Trinajstić information content (AvgIpc) is 2.44. The number of urea groups is 1. The minimum Gasteiger partial charge on any atom is -0.492 e. The van der Waals surface area contributed by atoms with Crippen molar-refractivity contribution in [2.45, 2.75) is 6.92 Å². The van der Waals surface area contributed by atoms with Crippen molar-refractivity contribution in [2.24, 2.45) is 5.92 Å². The van der Waals surface area contributed by atoms with E-state index < -0.39 is 11.9 Å². The number of nitrogens with one attached hydrogen (secondary N) is 1. The Bertz CT molecular complexity index is 478. The SMILES string of the molecule is CC(CN(C)C(=O)NCCOc1ccc(Br)cc1)C(=O)O. The van der Waals surface area contributed by atoms with E-state index in [0.717, 1.165) is 10.2 Å². The highest BCUT2D eigenvalue weighted by atomic mass is 79.9. The summed E-state index contributed by atoms with van der Waals surface area (Å²) >= 11 is 3.33. The van der Waals surface area contributed by atoms with E-state index in [1.165, 1.54) is 4.90 Å². The zero-order chi connectivity index (χ0) is 15.8. The first-order valence-corrected chi connectivity index (χ1v) is 7.29. The summed E-state index contributed by atoms with van der Waals surface area (Å²) in [5, 5.41) is 11.5. The lowest BCUT2D eigenvalue weighted by molar-refractivity contribution is -0.141. The Morgan fingerprint density at radius 3 is 2.57 bits per heavy atom. The van der Waals surface area contributed by atoms with E-state index in [4.69, 9.17) is 9.84 Å². The summed E-state index contributed by atoms with van der Waals surface area (Å²) < 4.78 is 6.43. The third kappa shape index (κ3) is 6.48. The number of amides is 2. The molecule has 1 rings (SSSR count). The minimum atomic E-state index is -0.923. The number of carbonyl (C=O) groups is 2. The molecule has 0 aliphatic rings. The van der Waals surface area contributed by atoms with Crippen LogP contribution in [0.2, 0.25) is 0 Å². The van der Waals surface area contributed by atoms with Gasteiger partial charge >= 0.3 is 12.0 Å². The molecule has 2 amide bonds. The van der Waals surface area contributed by atoms with Crippen LogP contribution in [0.25, 0.3) is 0 Å². The number of aliphatic carboxylic acids is 1. The molecule has 0 aliphatic heterocycles. The maximum absolute atomic E-state index is 11.7. The largest absolute Gasteiger partial charge is 0.492 e. The van der Waals surface area contributed by atoms with Crippen LogP contribution in [0.15, 0.2) is 28.7 Å². The van der Waals surface area contributed by atoms with Gasteiger partial charge in [-0.1, -0.05) is 22.9 Å². The summed E-state index contributed by atoms with van der Waals surface area (Å²) in [4.78, 5) is 23.8. The third-order valence-corrected chi connectivity index (χ3v) is 3.31. The third-order valence-electron chi connectivity index (χ3n) is 2.78. The van der Waals surface area contributed by atoms with Crippen LogP contribution in [0.3, 0.4) is 0 Å². The van der Waals surface area contributed by atoms with E-state index in [9.17, 15) is 9.59 Å². The van der Waals surface area contributed by atoms with Crippen LogP contribution in [0.4, 0.5) is 4.79 Å². The Balaban J connectivity index is 2.24. The molecule has 0 spiro atoms. The van der Waals surface area contributed by atoms with Crippen molar-refractivity contribution in [1.82, 2.24) is 10.2 Å². The molecule has 1 atom stereocenters. The minimum absolute atomic E-state index is 0.161. The van der Waals surface area contributed by atoms with Crippen molar-refractivity contribution in [3.05, 3.63) is 28.7 Å². The normalized spacial score (nSPS) is 11.6. The first kappa shape index (κ1) is 17.3. The van der Waals surface area contributed by atoms with Gasteiger partial charge in [-0.3, -0.25) is 4.79 Å². The standard InChI is InChI=1S/C14H19BrN2O4/c1-10(13(18)19)9-17(2)14(20)16-7-8-21-12-5-3-11(15)4-6-12/h3-6,10H,7-9H2,1-2H3,(H,16,20)(H,18,19). The van der Waals surface area contributed by atoms with Gasteiger partial charge in [0.25, 0.3) is 0 Å². The summed E-state index contributed by atoms with van der Waals surface area (Å²) in [7, 11) is 1.56. The van der Waals surface area contributed by atoms with Crippen molar-refractivity contribution in [3.63, 3.8) is 0 Å². The molecule has 0 aromatic heterocycles. The van der Waals surface area contributed by atoms with Crippen LogP contribution >= 0.6 is 15.9 Å². The number of carboxylic acids is 1. The molecule has 1 aromatic carbocycles. The predicted molar refractivity (Wildman–Crippen MR) is 82.5 cm³/mol. The van der Waals surface area contributed by atoms with Crippen LogP contribution in [0.5, 0.6) is 5.75 Å². The van der Waals surface area contributed by atoms with Crippen molar-refractivity contribution >= 4 is 27.9 Å². The monoisotopic (exact) mass is 358 g/mol. The highest BCUT2D eigenvalue weighted by Gasteiger charge is 2.16. The molecule has 116 valence electrons. The maximum Gasteiger partial charge on any atom is 0.317 e. The van der Waals surface area contributed by atoms with E-state index in [1.807, 2.05) is 24.3 Å². The molecule has 0 heterocycles. The lowest BCUT2D eigenvalue weighted by atomic mass is 10.2. The Morgan fingerprint density at radius 1 is 1.38 bits per heavy atom. The van der Waals surface area contributed by atoms with E-state index in [0.29, 0.717) is 13.2 Å². The molecular weight excluding hydrogens is 340 g/mol. The van der Waals surface area contributed by atoms with E-state index in [1.54, 1.807) is 14.0 Å². The Morgan fingerprint density at radius 2 is 2.00 bits per heavy atom. The molecule has 6 nitrogen and oxygen atoms in total. The van der Waals surface area contributed by atoms with Gasteiger partial charge in [-0.15, -0.1) is 0 Å². The maximum atomic E-state index is 11.7. The molecular formula is C14H19BrN2O4. The first-order valence-electron chi connectivity index (χ1n) is 6.50. The fourth-order valence-electron chi connectivity index (χ4n) is 1.56. The molecule has 7 heteroatoms. The number of halogens is 1. The molecule has 1 aromatic rings. The number of rotatable bonds is 7. The predicted octanol–water partition coefficient (Wildman–Crippen LogP) is 2.19. The average molecular weight is 359 g/mol. The van der Waals surface area contributed by atoms with Gasteiger partial charge in [-0.05, 0) is 24.3 Å². The van der Waals surface area contributed by atoms with Crippen LogP contribution in [0.1, 0.15) is 6.92 Å². The lowest BCUT2D eigenvalue weighted by Gasteiger charge is -2.20. The Kier molecular flexibility index (Phi) is 7.01. The number of benzene rings is 1. The second-order valence-corrected chi connectivity index (χ2v) is 5.57. The molecule has 0 fully saturated rings. The van der Waals surface area contributed by atoms with Crippen LogP contribution in [0, 0.1) is 5.92 Å². The van der Waals surface area contributed by atoms with Crippen LogP contribution in [-0.2, 0) is 4.79 Å². The van der Waals surface area contributed by atoms with E-state index in [2.05, 4.69) is 21.2 Å². The van der Waals surface area contributed by atoms with E-state index in [-0.39, 0.29) is 12.6 Å². The second kappa shape index (κ2) is 8.51. The van der Waals surface area contributed by atoms with Gasteiger partial charge < -0.3 is 20.1 Å². The van der Waals surface area contributed by atoms with Gasteiger partial charge in [-0.25, -0.2) is 4.79 Å². The zero-order valence-corrected chi connectivity index (χ0v) is 13.6. The molecule has 21 heavy (non-hydrogen) atoms. The van der Waals surface area contributed by atoms with Crippen LogP contribution < -0.4 is 10.1 Å². The van der Waals surface area contributed by atoms with Gasteiger partial charge in [0.2, 0.25) is 0 Å². The van der Waals surface area contributed by atoms with Gasteiger partial charge in [-0.2, -0.15) is 0 Å². The van der Waals surface area contributed by atoms with Crippen molar-refractivity contribution < 1.29 is 19.4 Å². The second-order valence-electron chi connectivity index (χ2n) is 4.65. The van der Waals surface area contributed by atoms with E-state index >= 15 is 0 Å². The lowest BCUT2D eigenvalue weighted by Crippen LogP contribution is -2.42. The molecule has 0 radical (unpaired) electrons. The van der Waals surface area contributed by atoms with Crippen LogP contribution in [-0.4, -0.2) is 48.8 Å². The first-order chi connectivity index (χ1) is 9.90. The topological polar surface area (TPSA) is 78.9 Å². The molecule has 1 unspecified atom stereocenters. The van der Waals surface area contributed by atoms with Gasteiger partial charge in [0, 0.05) is 18.1 Å². The summed E-state index contributed by atoms with van der Waals surface area (Å²) in [6, 6.07) is 7.07. The number of hydrogen-bond acceptors (Lipinski definition) is 3. The van der Waals surface area contributed by atoms with Gasteiger partial charge in [0.15, 0.2) is 0 Å². The number of hydrogen-bond donors (Lipinski definition) is 2.